The van der Waals surface area contributed by atoms with E-state index < -0.39 is 18.3 Å². The predicted molar refractivity (Wildman–Crippen MR) is 168 cm³/mol. The van der Waals surface area contributed by atoms with Crippen molar-refractivity contribution in [2.75, 3.05) is 61.9 Å². The topological polar surface area (TPSA) is 116 Å². The lowest BCUT2D eigenvalue weighted by atomic mass is 10.0. The Balaban J connectivity index is 1.21. The van der Waals surface area contributed by atoms with Gasteiger partial charge in [0, 0.05) is 62.4 Å². The van der Waals surface area contributed by atoms with E-state index in [0.717, 1.165) is 55.1 Å². The van der Waals surface area contributed by atoms with E-state index in [1.165, 1.54) is 18.0 Å². The average Bonchev–Trinajstić information content (AvgIpc) is 3.40. The summed E-state index contributed by atoms with van der Waals surface area (Å²) < 4.78 is 19.1. The van der Waals surface area contributed by atoms with Crippen molar-refractivity contribution in [2.24, 2.45) is 0 Å². The zero-order chi connectivity index (χ0) is 31.2. The van der Waals surface area contributed by atoms with Crippen molar-refractivity contribution >= 4 is 29.5 Å². The van der Waals surface area contributed by atoms with Crippen molar-refractivity contribution in [3.05, 3.63) is 72.2 Å². The van der Waals surface area contributed by atoms with Crippen molar-refractivity contribution in [1.82, 2.24) is 24.8 Å². The largest absolute Gasteiger partial charge is 0.447 e. The van der Waals surface area contributed by atoms with Gasteiger partial charge in [-0.1, -0.05) is 18.2 Å². The van der Waals surface area contributed by atoms with Gasteiger partial charge >= 0.3 is 6.09 Å². The average molecular weight is 603 g/mol. The molecular weight excluding hydrogens is 563 g/mol. The summed E-state index contributed by atoms with van der Waals surface area (Å²) in [6.07, 6.45) is 4.92. The molecule has 2 amide bonds. The summed E-state index contributed by atoms with van der Waals surface area (Å²) >= 11 is 0. The van der Waals surface area contributed by atoms with Gasteiger partial charge in [-0.3, -0.25) is 19.6 Å². The molecule has 2 aliphatic heterocycles. The second kappa shape index (κ2) is 13.9. The third-order valence-electron chi connectivity index (χ3n) is 7.91. The number of hydrogen-bond acceptors (Lipinski definition) is 9. The molecule has 232 valence electrons. The second-order valence-electron chi connectivity index (χ2n) is 11.3. The molecule has 0 bridgehead atoms. The summed E-state index contributed by atoms with van der Waals surface area (Å²) in [5.41, 5.74) is 4.37. The van der Waals surface area contributed by atoms with Crippen LogP contribution in [-0.2, 0) is 9.53 Å². The molecule has 2 aromatic heterocycles. The first-order valence-electron chi connectivity index (χ1n) is 14.8. The monoisotopic (exact) mass is 602 g/mol. The number of aryl methyl sites for hydroxylation is 1. The number of halogens is 1. The van der Waals surface area contributed by atoms with Crippen molar-refractivity contribution < 1.29 is 18.7 Å². The SMILES string of the molecule is Cc1cc([C@H](C)Nc2nccc(N3C(=O)OC[C@@H]3[C@H](C)F)n2)ncc1-c1cccc(NC(=O)/C=C/CN2CCN(C)CC2)c1. The lowest BCUT2D eigenvalue weighted by Crippen LogP contribution is -2.44. The lowest BCUT2D eigenvalue weighted by molar-refractivity contribution is -0.111. The number of ether oxygens (including phenoxy) is 1. The van der Waals surface area contributed by atoms with Crippen LogP contribution >= 0.6 is 0 Å². The first-order chi connectivity index (χ1) is 21.2. The Hall–Kier alpha value is -4.42. The summed E-state index contributed by atoms with van der Waals surface area (Å²) in [7, 11) is 2.12. The molecule has 11 nitrogen and oxygen atoms in total. The Kier molecular flexibility index (Phi) is 9.81. The van der Waals surface area contributed by atoms with Crippen LogP contribution < -0.4 is 15.5 Å². The highest BCUT2D eigenvalue weighted by Gasteiger charge is 2.39. The minimum absolute atomic E-state index is 0.0291. The maximum absolute atomic E-state index is 14.1. The van der Waals surface area contributed by atoms with Gasteiger partial charge in [0.15, 0.2) is 0 Å². The maximum Gasteiger partial charge on any atom is 0.416 e. The van der Waals surface area contributed by atoms with Gasteiger partial charge in [0.1, 0.15) is 24.6 Å². The van der Waals surface area contributed by atoms with Gasteiger partial charge < -0.3 is 20.3 Å². The van der Waals surface area contributed by atoms with Gasteiger partial charge in [-0.2, -0.15) is 4.98 Å². The lowest BCUT2D eigenvalue weighted by Gasteiger charge is -2.31. The molecule has 2 N–H and O–H groups in total. The number of benzene rings is 1. The zero-order valence-electron chi connectivity index (χ0n) is 25.5. The molecule has 5 rings (SSSR count). The summed E-state index contributed by atoms with van der Waals surface area (Å²) in [6.45, 7) is 10.2. The number of alkyl halides is 1. The first kappa shape index (κ1) is 31.0. The molecule has 0 radical (unpaired) electrons. The van der Waals surface area contributed by atoms with E-state index in [2.05, 4.69) is 42.4 Å². The number of anilines is 3. The minimum Gasteiger partial charge on any atom is -0.447 e. The number of nitrogens with zero attached hydrogens (tertiary/aromatic N) is 6. The molecule has 4 heterocycles. The number of nitrogens with one attached hydrogen (secondary N) is 2. The number of hydrogen-bond donors (Lipinski definition) is 2. The summed E-state index contributed by atoms with van der Waals surface area (Å²) in [5.74, 6) is 0.386. The van der Waals surface area contributed by atoms with E-state index in [1.54, 1.807) is 12.1 Å². The van der Waals surface area contributed by atoms with Gasteiger partial charge in [-0.15, -0.1) is 0 Å². The molecule has 2 aliphatic rings. The molecule has 3 atom stereocenters. The summed E-state index contributed by atoms with van der Waals surface area (Å²) in [6, 6.07) is 10.2. The van der Waals surface area contributed by atoms with Crippen molar-refractivity contribution in [3.63, 3.8) is 0 Å². The van der Waals surface area contributed by atoms with Gasteiger partial charge in [0.05, 0.1) is 11.7 Å². The third kappa shape index (κ3) is 7.56. The highest BCUT2D eigenvalue weighted by Crippen LogP contribution is 2.29. The molecule has 12 heteroatoms. The van der Waals surface area contributed by atoms with E-state index in [-0.39, 0.29) is 30.3 Å². The molecule has 1 aromatic carbocycles. The van der Waals surface area contributed by atoms with Crippen molar-refractivity contribution in [3.8, 4) is 11.1 Å². The number of piperazine rings is 1. The number of carbonyl (C=O) groups is 2. The van der Waals surface area contributed by atoms with Crippen molar-refractivity contribution in [1.29, 1.82) is 0 Å². The highest BCUT2D eigenvalue weighted by atomic mass is 19.1. The van der Waals surface area contributed by atoms with Gasteiger partial charge in [-0.05, 0) is 63.2 Å². The van der Waals surface area contributed by atoms with E-state index in [1.807, 2.05) is 56.5 Å². The standard InChI is InChI=1S/C32H39FN8O3/c1-21-17-27(23(3)36-31-34-11-10-29(38-31)41-28(22(2)33)20-44-32(41)43)35-19-26(21)24-7-5-8-25(18-24)37-30(42)9-6-12-40-15-13-39(4)14-16-40/h5-11,17-19,22-23,28H,12-16,20H2,1-4H3,(H,37,42)(H,34,36,38)/b9-6+/t22-,23-,28+/m0/s1. The normalized spacial score (nSPS) is 19.2. The maximum atomic E-state index is 14.1. The van der Waals surface area contributed by atoms with Crippen LogP contribution in [0.3, 0.4) is 0 Å². The number of aromatic nitrogens is 3. The number of likely N-dealkylation sites (N-methyl/N-ethyl adjacent to an activating group) is 1. The van der Waals surface area contributed by atoms with Crippen LogP contribution in [-0.4, -0.2) is 95.3 Å². The van der Waals surface area contributed by atoms with Gasteiger partial charge in [0.2, 0.25) is 11.9 Å². The van der Waals surface area contributed by atoms with Crippen LogP contribution in [0.4, 0.5) is 26.6 Å². The minimum atomic E-state index is -1.27. The Labute approximate surface area is 257 Å². The van der Waals surface area contributed by atoms with E-state index in [9.17, 15) is 14.0 Å². The Morgan fingerprint density at radius 3 is 2.70 bits per heavy atom. The van der Waals surface area contributed by atoms with Crippen LogP contribution in [0.1, 0.15) is 31.1 Å². The van der Waals surface area contributed by atoms with Crippen LogP contribution in [0.5, 0.6) is 0 Å². The van der Waals surface area contributed by atoms with Crippen LogP contribution in [0, 0.1) is 6.92 Å². The van der Waals surface area contributed by atoms with Crippen LogP contribution in [0.25, 0.3) is 11.1 Å². The number of carbonyl (C=O) groups excluding carboxylic acids is 2. The van der Waals surface area contributed by atoms with Crippen LogP contribution in [0.2, 0.25) is 0 Å². The fraction of sp³-hybridized carbons (Fsp3) is 0.406. The van der Waals surface area contributed by atoms with Gasteiger partial charge in [-0.25, -0.2) is 14.2 Å². The molecule has 2 saturated heterocycles. The molecule has 0 saturated carbocycles. The van der Waals surface area contributed by atoms with E-state index in [4.69, 9.17) is 4.74 Å². The molecule has 2 fully saturated rings. The predicted octanol–water partition coefficient (Wildman–Crippen LogP) is 4.45. The Morgan fingerprint density at radius 1 is 1.16 bits per heavy atom. The Bertz CT molecular complexity index is 1510. The van der Waals surface area contributed by atoms with Gasteiger partial charge in [0.25, 0.3) is 0 Å². The zero-order valence-corrected chi connectivity index (χ0v) is 25.5. The third-order valence-corrected chi connectivity index (χ3v) is 7.91. The van der Waals surface area contributed by atoms with Crippen LogP contribution in [0.15, 0.2) is 60.9 Å². The smallest absolute Gasteiger partial charge is 0.416 e. The van der Waals surface area contributed by atoms with E-state index >= 15 is 0 Å². The highest BCUT2D eigenvalue weighted by molar-refractivity contribution is 5.99. The van der Waals surface area contributed by atoms with E-state index in [0.29, 0.717) is 5.69 Å². The molecule has 3 aromatic rings. The number of cyclic esters (lactones) is 1. The number of rotatable bonds is 10. The quantitative estimate of drug-likeness (QED) is 0.325. The summed E-state index contributed by atoms with van der Waals surface area (Å²) in [4.78, 5) is 44.0. The number of amides is 2. The molecule has 0 spiro atoms. The van der Waals surface area contributed by atoms with Crippen molar-refractivity contribution in [2.45, 2.75) is 39.0 Å². The molecule has 0 aliphatic carbocycles. The fourth-order valence-electron chi connectivity index (χ4n) is 5.26. The fourth-order valence-corrected chi connectivity index (χ4v) is 5.26. The second-order valence-corrected chi connectivity index (χ2v) is 11.3. The molecule has 0 unspecified atom stereocenters. The summed E-state index contributed by atoms with van der Waals surface area (Å²) in [5, 5.41) is 6.18. The molecular formula is C32H39FN8O3. The Morgan fingerprint density at radius 2 is 1.95 bits per heavy atom. The first-order valence-corrected chi connectivity index (χ1v) is 14.8. The number of pyridine rings is 1. The molecule has 44 heavy (non-hydrogen) atoms.